The van der Waals surface area contributed by atoms with Gasteiger partial charge >= 0.3 is 0 Å². The average Bonchev–Trinajstić information content (AvgIpc) is 2.27. The number of fused-ring (bicyclic) bond motifs is 1. The monoisotopic (exact) mass is 267 g/mol. The van der Waals surface area contributed by atoms with Crippen molar-refractivity contribution in [2.45, 2.75) is 38.6 Å². The predicted octanol–water partition coefficient (Wildman–Crippen LogP) is 3.31. The standard InChI is InChI=1S/C13H18BrN/c1-2-8-15-11-7-6-10-4-3-5-13(14)12(10)9-11/h3-5,11,15H,2,6-9H2,1H3/t11-/m1/s1. The summed E-state index contributed by atoms with van der Waals surface area (Å²) >= 11 is 3.65. The Labute approximate surface area is 100 Å². The maximum absolute atomic E-state index is 3.65. The van der Waals surface area contributed by atoms with Crippen LogP contribution in [-0.2, 0) is 12.8 Å². The summed E-state index contributed by atoms with van der Waals surface area (Å²) in [6, 6.07) is 7.23. The lowest BCUT2D eigenvalue weighted by Gasteiger charge is -2.26. The second kappa shape index (κ2) is 5.13. The first-order chi connectivity index (χ1) is 7.31. The van der Waals surface area contributed by atoms with Crippen molar-refractivity contribution >= 4 is 15.9 Å². The molecule has 15 heavy (non-hydrogen) atoms. The normalized spacial score (nSPS) is 20.0. The third-order valence-electron chi connectivity index (χ3n) is 3.11. The number of hydrogen-bond donors (Lipinski definition) is 1. The molecule has 0 unspecified atom stereocenters. The van der Waals surface area contributed by atoms with Crippen molar-refractivity contribution in [2.75, 3.05) is 6.54 Å². The van der Waals surface area contributed by atoms with Crippen LogP contribution >= 0.6 is 15.9 Å². The molecule has 0 fully saturated rings. The minimum Gasteiger partial charge on any atom is -0.314 e. The molecule has 0 saturated heterocycles. The van der Waals surface area contributed by atoms with Crippen LogP contribution in [-0.4, -0.2) is 12.6 Å². The quantitative estimate of drug-likeness (QED) is 0.886. The largest absolute Gasteiger partial charge is 0.314 e. The van der Waals surface area contributed by atoms with E-state index in [0.717, 1.165) is 6.54 Å². The molecule has 1 aliphatic carbocycles. The van der Waals surface area contributed by atoms with Gasteiger partial charge in [-0.05, 0) is 49.4 Å². The highest BCUT2D eigenvalue weighted by atomic mass is 79.9. The van der Waals surface area contributed by atoms with Gasteiger partial charge in [0.25, 0.3) is 0 Å². The molecule has 2 rings (SSSR count). The van der Waals surface area contributed by atoms with Gasteiger partial charge in [-0.15, -0.1) is 0 Å². The van der Waals surface area contributed by atoms with Crippen molar-refractivity contribution in [1.29, 1.82) is 0 Å². The van der Waals surface area contributed by atoms with E-state index >= 15 is 0 Å². The second-order valence-electron chi connectivity index (χ2n) is 4.27. The lowest BCUT2D eigenvalue weighted by atomic mass is 9.88. The van der Waals surface area contributed by atoms with Crippen LogP contribution in [0.2, 0.25) is 0 Å². The van der Waals surface area contributed by atoms with E-state index in [1.54, 1.807) is 0 Å². The van der Waals surface area contributed by atoms with Gasteiger partial charge in [0.15, 0.2) is 0 Å². The third-order valence-corrected chi connectivity index (χ3v) is 3.85. The van der Waals surface area contributed by atoms with Crippen LogP contribution < -0.4 is 5.32 Å². The predicted molar refractivity (Wildman–Crippen MR) is 68.2 cm³/mol. The zero-order chi connectivity index (χ0) is 10.7. The van der Waals surface area contributed by atoms with Gasteiger partial charge in [-0.2, -0.15) is 0 Å². The Morgan fingerprint density at radius 2 is 2.33 bits per heavy atom. The Kier molecular flexibility index (Phi) is 3.81. The fourth-order valence-corrected chi connectivity index (χ4v) is 2.84. The first-order valence-electron chi connectivity index (χ1n) is 5.81. The van der Waals surface area contributed by atoms with E-state index in [0.29, 0.717) is 6.04 Å². The molecule has 0 aromatic heterocycles. The number of hydrogen-bond acceptors (Lipinski definition) is 1. The number of aryl methyl sites for hydroxylation is 1. The molecule has 0 aliphatic heterocycles. The Morgan fingerprint density at radius 1 is 1.47 bits per heavy atom. The smallest absolute Gasteiger partial charge is 0.0210 e. The molecule has 0 amide bonds. The molecule has 0 bridgehead atoms. The van der Waals surface area contributed by atoms with Crippen molar-refractivity contribution in [1.82, 2.24) is 5.32 Å². The molecule has 2 heteroatoms. The van der Waals surface area contributed by atoms with Gasteiger partial charge in [0, 0.05) is 10.5 Å². The Bertz CT molecular complexity index is 335. The lowest BCUT2D eigenvalue weighted by Crippen LogP contribution is -2.35. The summed E-state index contributed by atoms with van der Waals surface area (Å²) in [5.41, 5.74) is 3.04. The SMILES string of the molecule is CCCN[C@@H]1CCc2cccc(Br)c2C1. The van der Waals surface area contributed by atoms with E-state index in [9.17, 15) is 0 Å². The fraction of sp³-hybridized carbons (Fsp3) is 0.538. The molecular weight excluding hydrogens is 250 g/mol. The highest BCUT2D eigenvalue weighted by molar-refractivity contribution is 9.10. The zero-order valence-corrected chi connectivity index (χ0v) is 10.8. The molecular formula is C13H18BrN. The molecule has 0 saturated carbocycles. The number of rotatable bonds is 3. The van der Waals surface area contributed by atoms with Crippen molar-refractivity contribution in [3.63, 3.8) is 0 Å². The Hall–Kier alpha value is -0.340. The van der Waals surface area contributed by atoms with E-state index in [-0.39, 0.29) is 0 Å². The Balaban J connectivity index is 2.08. The maximum atomic E-state index is 3.65. The molecule has 0 spiro atoms. The molecule has 0 radical (unpaired) electrons. The van der Waals surface area contributed by atoms with Crippen LogP contribution in [0.15, 0.2) is 22.7 Å². The summed E-state index contributed by atoms with van der Waals surface area (Å²) in [6.07, 6.45) is 4.90. The topological polar surface area (TPSA) is 12.0 Å². The molecule has 1 aromatic rings. The maximum Gasteiger partial charge on any atom is 0.0210 e. The number of halogens is 1. The van der Waals surface area contributed by atoms with Crippen molar-refractivity contribution in [3.05, 3.63) is 33.8 Å². The van der Waals surface area contributed by atoms with E-state index in [2.05, 4.69) is 46.4 Å². The van der Waals surface area contributed by atoms with Crippen molar-refractivity contribution < 1.29 is 0 Å². The van der Waals surface area contributed by atoms with E-state index in [1.807, 2.05) is 0 Å². The minimum atomic E-state index is 0.677. The molecule has 1 aliphatic rings. The molecule has 1 atom stereocenters. The Morgan fingerprint density at radius 3 is 3.13 bits per heavy atom. The van der Waals surface area contributed by atoms with E-state index < -0.39 is 0 Å². The summed E-state index contributed by atoms with van der Waals surface area (Å²) in [4.78, 5) is 0. The van der Waals surface area contributed by atoms with Gasteiger partial charge in [0.1, 0.15) is 0 Å². The first kappa shape index (κ1) is 11.2. The van der Waals surface area contributed by atoms with Crippen LogP contribution in [0.3, 0.4) is 0 Å². The number of benzene rings is 1. The molecule has 0 heterocycles. The van der Waals surface area contributed by atoms with Gasteiger partial charge in [0.2, 0.25) is 0 Å². The summed E-state index contributed by atoms with van der Waals surface area (Å²) in [5.74, 6) is 0. The lowest BCUT2D eigenvalue weighted by molar-refractivity contribution is 0.458. The second-order valence-corrected chi connectivity index (χ2v) is 5.13. The molecule has 1 aromatic carbocycles. The summed E-state index contributed by atoms with van der Waals surface area (Å²) in [5, 5.41) is 3.62. The fourth-order valence-electron chi connectivity index (χ4n) is 2.27. The third kappa shape index (κ3) is 2.61. The van der Waals surface area contributed by atoms with Gasteiger partial charge in [-0.25, -0.2) is 0 Å². The van der Waals surface area contributed by atoms with E-state index in [1.165, 1.54) is 41.3 Å². The summed E-state index contributed by atoms with van der Waals surface area (Å²) in [6.45, 7) is 3.37. The molecule has 82 valence electrons. The van der Waals surface area contributed by atoms with Crippen LogP contribution in [0, 0.1) is 0 Å². The van der Waals surface area contributed by atoms with Crippen LogP contribution in [0.5, 0.6) is 0 Å². The molecule has 1 nitrogen and oxygen atoms in total. The summed E-state index contributed by atoms with van der Waals surface area (Å²) < 4.78 is 1.28. The van der Waals surface area contributed by atoms with Crippen LogP contribution in [0.4, 0.5) is 0 Å². The van der Waals surface area contributed by atoms with Gasteiger partial charge in [-0.3, -0.25) is 0 Å². The van der Waals surface area contributed by atoms with E-state index in [4.69, 9.17) is 0 Å². The van der Waals surface area contributed by atoms with Gasteiger partial charge < -0.3 is 5.32 Å². The highest BCUT2D eigenvalue weighted by Gasteiger charge is 2.19. The average molecular weight is 268 g/mol. The molecule has 1 N–H and O–H groups in total. The first-order valence-corrected chi connectivity index (χ1v) is 6.60. The summed E-state index contributed by atoms with van der Waals surface area (Å²) in [7, 11) is 0. The minimum absolute atomic E-state index is 0.677. The highest BCUT2D eigenvalue weighted by Crippen LogP contribution is 2.28. The van der Waals surface area contributed by atoms with Gasteiger partial charge in [-0.1, -0.05) is 35.0 Å². The van der Waals surface area contributed by atoms with Crippen LogP contribution in [0.25, 0.3) is 0 Å². The zero-order valence-electron chi connectivity index (χ0n) is 9.22. The van der Waals surface area contributed by atoms with Crippen LogP contribution in [0.1, 0.15) is 30.9 Å². The number of nitrogens with one attached hydrogen (secondary N) is 1. The van der Waals surface area contributed by atoms with Crippen molar-refractivity contribution in [3.8, 4) is 0 Å². The van der Waals surface area contributed by atoms with Gasteiger partial charge in [0.05, 0.1) is 0 Å². The van der Waals surface area contributed by atoms with Crippen molar-refractivity contribution in [2.24, 2.45) is 0 Å².